The van der Waals surface area contributed by atoms with Gasteiger partial charge in [-0.2, -0.15) is 0 Å². The highest BCUT2D eigenvalue weighted by Crippen LogP contribution is 2.28. The molecule has 0 bridgehead atoms. The summed E-state index contributed by atoms with van der Waals surface area (Å²) in [6.07, 6.45) is 0. The second kappa shape index (κ2) is 5.88. The molecule has 3 nitrogen and oxygen atoms in total. The summed E-state index contributed by atoms with van der Waals surface area (Å²) in [4.78, 5) is 0. The van der Waals surface area contributed by atoms with Gasteiger partial charge in [-0.25, -0.2) is 8.78 Å². The molecule has 20 heavy (non-hydrogen) atoms. The molecule has 1 atom stereocenters. The van der Waals surface area contributed by atoms with Crippen molar-refractivity contribution in [3.63, 3.8) is 0 Å². The second-order valence-electron chi connectivity index (χ2n) is 4.58. The van der Waals surface area contributed by atoms with Crippen molar-refractivity contribution in [2.75, 3.05) is 0 Å². The zero-order valence-electron chi connectivity index (χ0n) is 10.9. The van der Waals surface area contributed by atoms with E-state index < -0.39 is 11.6 Å². The number of hydrogen-bond acceptors (Lipinski definition) is 3. The number of benzene rings is 2. The number of hydrogen-bond donors (Lipinski definition) is 3. The van der Waals surface area contributed by atoms with E-state index in [4.69, 9.17) is 0 Å². The van der Waals surface area contributed by atoms with Crippen LogP contribution in [0.15, 0.2) is 36.4 Å². The first kappa shape index (κ1) is 14.3. The van der Waals surface area contributed by atoms with Crippen molar-refractivity contribution in [2.45, 2.75) is 19.5 Å². The molecule has 3 N–H and O–H groups in total. The molecule has 0 aliphatic carbocycles. The Kier molecular flexibility index (Phi) is 4.20. The van der Waals surface area contributed by atoms with Gasteiger partial charge in [-0.3, -0.25) is 0 Å². The van der Waals surface area contributed by atoms with Gasteiger partial charge >= 0.3 is 0 Å². The van der Waals surface area contributed by atoms with Crippen LogP contribution in [0.4, 0.5) is 8.78 Å². The lowest BCUT2D eigenvalue weighted by Gasteiger charge is -2.16. The normalized spacial score (nSPS) is 12.3. The molecule has 0 aliphatic rings. The molecule has 0 saturated heterocycles. The van der Waals surface area contributed by atoms with Crippen LogP contribution in [-0.2, 0) is 6.54 Å². The van der Waals surface area contributed by atoms with Crippen LogP contribution in [0.2, 0.25) is 0 Å². The highest BCUT2D eigenvalue weighted by molar-refractivity contribution is 5.40. The maximum Gasteiger partial charge on any atom is 0.127 e. The lowest BCUT2D eigenvalue weighted by atomic mass is 10.1. The molecule has 0 fully saturated rings. The Hall–Kier alpha value is -2.14. The van der Waals surface area contributed by atoms with Gasteiger partial charge in [0.2, 0.25) is 0 Å². The van der Waals surface area contributed by atoms with E-state index in [0.29, 0.717) is 5.56 Å². The van der Waals surface area contributed by atoms with Crippen LogP contribution in [0, 0.1) is 11.6 Å². The van der Waals surface area contributed by atoms with E-state index in [9.17, 15) is 19.0 Å². The topological polar surface area (TPSA) is 52.5 Å². The Balaban J connectivity index is 2.10. The van der Waals surface area contributed by atoms with Gasteiger partial charge in [0, 0.05) is 23.7 Å². The highest BCUT2D eigenvalue weighted by atomic mass is 19.1. The van der Waals surface area contributed by atoms with Crippen molar-refractivity contribution in [2.24, 2.45) is 0 Å². The summed E-state index contributed by atoms with van der Waals surface area (Å²) in [6.45, 7) is 1.87. The van der Waals surface area contributed by atoms with Crippen LogP contribution in [-0.4, -0.2) is 10.2 Å². The second-order valence-corrected chi connectivity index (χ2v) is 4.58. The van der Waals surface area contributed by atoms with Crippen molar-refractivity contribution in [3.05, 3.63) is 59.2 Å². The summed E-state index contributed by atoms with van der Waals surface area (Å²) in [6, 6.07) is 7.10. The minimum absolute atomic E-state index is 0.0301. The summed E-state index contributed by atoms with van der Waals surface area (Å²) in [5.74, 6) is -0.937. The standard InChI is InChI=1S/C15H15F2NO2/c1-9(13-7-12(19)3-5-15(13)20)18-8-10-6-11(16)2-4-14(10)17/h2-7,9,18-20H,8H2,1H3. The SMILES string of the molecule is CC(NCc1cc(F)ccc1F)c1cc(O)ccc1O. The van der Waals surface area contributed by atoms with Gasteiger partial charge in [0.15, 0.2) is 0 Å². The molecule has 0 saturated carbocycles. The monoisotopic (exact) mass is 279 g/mol. The molecule has 5 heteroatoms. The maximum atomic E-state index is 13.5. The Morgan fingerprint density at radius 3 is 2.60 bits per heavy atom. The molecule has 0 aliphatic heterocycles. The molecular weight excluding hydrogens is 264 g/mol. The van der Waals surface area contributed by atoms with Gasteiger partial charge in [-0.1, -0.05) is 0 Å². The molecular formula is C15H15F2NO2. The molecule has 0 spiro atoms. The van der Waals surface area contributed by atoms with Gasteiger partial charge in [-0.05, 0) is 43.3 Å². The molecule has 1 unspecified atom stereocenters. The van der Waals surface area contributed by atoms with Gasteiger partial charge < -0.3 is 15.5 Å². The predicted octanol–water partition coefficient (Wildman–Crippen LogP) is 3.23. The lowest BCUT2D eigenvalue weighted by molar-refractivity contribution is 0.439. The third-order valence-electron chi connectivity index (χ3n) is 3.08. The first-order chi connectivity index (χ1) is 9.47. The van der Waals surface area contributed by atoms with E-state index in [0.717, 1.165) is 18.2 Å². The van der Waals surface area contributed by atoms with Crippen molar-refractivity contribution >= 4 is 0 Å². The van der Waals surface area contributed by atoms with E-state index in [2.05, 4.69) is 5.32 Å². The number of aromatic hydroxyl groups is 2. The van der Waals surface area contributed by atoms with Crippen LogP contribution in [0.5, 0.6) is 11.5 Å². The minimum atomic E-state index is -0.504. The van der Waals surface area contributed by atoms with Crippen LogP contribution in [0.1, 0.15) is 24.1 Å². The molecule has 2 aromatic carbocycles. The number of phenols is 2. The van der Waals surface area contributed by atoms with E-state index in [1.54, 1.807) is 6.92 Å². The molecule has 0 radical (unpaired) electrons. The fourth-order valence-electron chi connectivity index (χ4n) is 1.94. The minimum Gasteiger partial charge on any atom is -0.508 e. The van der Waals surface area contributed by atoms with Crippen molar-refractivity contribution in [1.29, 1.82) is 0 Å². The molecule has 0 amide bonds. The van der Waals surface area contributed by atoms with Gasteiger partial charge in [0.25, 0.3) is 0 Å². The van der Waals surface area contributed by atoms with Crippen molar-refractivity contribution in [1.82, 2.24) is 5.32 Å². The maximum absolute atomic E-state index is 13.5. The molecule has 2 aromatic rings. The molecule has 0 heterocycles. The number of rotatable bonds is 4. The average Bonchev–Trinajstić information content (AvgIpc) is 2.42. The Morgan fingerprint density at radius 1 is 1.10 bits per heavy atom. The number of phenolic OH excluding ortho intramolecular Hbond substituents is 2. The quantitative estimate of drug-likeness (QED) is 0.753. The van der Waals surface area contributed by atoms with Crippen molar-refractivity contribution < 1.29 is 19.0 Å². The van der Waals surface area contributed by atoms with Gasteiger partial charge in [-0.15, -0.1) is 0 Å². The third kappa shape index (κ3) is 3.24. The molecule has 2 rings (SSSR count). The fourth-order valence-corrected chi connectivity index (χ4v) is 1.94. The first-order valence-electron chi connectivity index (χ1n) is 6.16. The zero-order chi connectivity index (χ0) is 14.7. The molecule has 106 valence electrons. The largest absolute Gasteiger partial charge is 0.508 e. The highest BCUT2D eigenvalue weighted by Gasteiger charge is 2.12. The van der Waals surface area contributed by atoms with E-state index in [1.807, 2.05) is 0 Å². The number of nitrogens with one attached hydrogen (secondary N) is 1. The molecule has 0 aromatic heterocycles. The van der Waals surface area contributed by atoms with Gasteiger partial charge in [0.05, 0.1) is 0 Å². The van der Waals surface area contributed by atoms with Crippen molar-refractivity contribution in [3.8, 4) is 11.5 Å². The fraction of sp³-hybridized carbons (Fsp3) is 0.200. The van der Waals surface area contributed by atoms with Crippen LogP contribution in [0.3, 0.4) is 0 Å². The summed E-state index contributed by atoms with van der Waals surface area (Å²) in [5, 5.41) is 22.1. The van der Waals surface area contributed by atoms with Crippen LogP contribution < -0.4 is 5.32 Å². The number of halogens is 2. The van der Waals surface area contributed by atoms with E-state index >= 15 is 0 Å². The zero-order valence-corrected chi connectivity index (χ0v) is 10.9. The lowest BCUT2D eigenvalue weighted by Crippen LogP contribution is -2.19. The Labute approximate surface area is 115 Å². The summed E-state index contributed by atoms with van der Waals surface area (Å²) >= 11 is 0. The first-order valence-corrected chi connectivity index (χ1v) is 6.16. The summed E-state index contributed by atoms with van der Waals surface area (Å²) in [7, 11) is 0. The van der Waals surface area contributed by atoms with E-state index in [1.165, 1.54) is 18.2 Å². The smallest absolute Gasteiger partial charge is 0.127 e. The van der Waals surface area contributed by atoms with Crippen LogP contribution in [0.25, 0.3) is 0 Å². The summed E-state index contributed by atoms with van der Waals surface area (Å²) < 4.78 is 26.5. The average molecular weight is 279 g/mol. The van der Waals surface area contributed by atoms with Crippen LogP contribution >= 0.6 is 0 Å². The van der Waals surface area contributed by atoms with E-state index in [-0.39, 0.29) is 29.6 Å². The summed E-state index contributed by atoms with van der Waals surface area (Å²) in [5.41, 5.74) is 0.693. The van der Waals surface area contributed by atoms with Gasteiger partial charge in [0.1, 0.15) is 23.1 Å². The Morgan fingerprint density at radius 2 is 1.85 bits per heavy atom. The Bertz CT molecular complexity index is 617. The third-order valence-corrected chi connectivity index (χ3v) is 3.08. The predicted molar refractivity (Wildman–Crippen MR) is 71.4 cm³/mol.